The lowest BCUT2D eigenvalue weighted by molar-refractivity contribution is 0.0954. The van der Waals surface area contributed by atoms with Crippen molar-refractivity contribution in [1.82, 2.24) is 5.43 Å². The number of hydrogen-bond donors (Lipinski definition) is 1. The fraction of sp³-hybridized carbons (Fsp3) is 0.333. The van der Waals surface area contributed by atoms with E-state index in [1.54, 1.807) is 12.3 Å². The Bertz CT molecular complexity index is 992. The number of nitrogens with one attached hydrogen (secondary N) is 1. The Morgan fingerprint density at radius 1 is 1.24 bits per heavy atom. The molecule has 0 aliphatic carbocycles. The number of amides is 1. The van der Waals surface area contributed by atoms with Crippen molar-refractivity contribution in [2.24, 2.45) is 5.10 Å². The molecule has 1 aliphatic heterocycles. The summed E-state index contributed by atoms with van der Waals surface area (Å²) in [5.74, 6) is -0.891. The SMILES string of the molecule is CCCN1c2cc(C)c(/C=N\NC(=O)c3cccc(F)c3)cc2C(C)=CC1(C)C. The fourth-order valence-corrected chi connectivity index (χ4v) is 3.87. The van der Waals surface area contributed by atoms with Crippen LogP contribution in [0.2, 0.25) is 0 Å². The molecule has 0 bridgehead atoms. The topological polar surface area (TPSA) is 44.7 Å². The Kier molecular flexibility index (Phi) is 5.87. The minimum absolute atomic E-state index is 0.0337. The van der Waals surface area contributed by atoms with E-state index in [4.69, 9.17) is 0 Å². The summed E-state index contributed by atoms with van der Waals surface area (Å²) >= 11 is 0. The summed E-state index contributed by atoms with van der Waals surface area (Å²) in [4.78, 5) is 14.6. The number of nitrogens with zero attached hydrogens (tertiary/aromatic N) is 2. The summed E-state index contributed by atoms with van der Waals surface area (Å²) in [7, 11) is 0. The first kappa shape index (κ1) is 20.8. The second kappa shape index (κ2) is 8.19. The summed E-state index contributed by atoms with van der Waals surface area (Å²) in [6.45, 7) is 11.8. The molecule has 1 N–H and O–H groups in total. The molecule has 1 heterocycles. The highest BCUT2D eigenvalue weighted by Crippen LogP contribution is 2.40. The van der Waals surface area contributed by atoms with E-state index in [0.29, 0.717) is 0 Å². The fourth-order valence-electron chi connectivity index (χ4n) is 3.87. The molecule has 0 atom stereocenters. The van der Waals surface area contributed by atoms with E-state index in [0.717, 1.165) is 24.1 Å². The molecule has 29 heavy (non-hydrogen) atoms. The van der Waals surface area contributed by atoms with Crippen LogP contribution in [-0.2, 0) is 0 Å². The third kappa shape index (κ3) is 4.39. The predicted molar refractivity (Wildman–Crippen MR) is 118 cm³/mol. The summed E-state index contributed by atoms with van der Waals surface area (Å²) in [6.07, 6.45) is 5.01. The van der Waals surface area contributed by atoms with Crippen molar-refractivity contribution >= 4 is 23.4 Å². The Balaban J connectivity index is 1.86. The van der Waals surface area contributed by atoms with Crippen LogP contribution in [-0.4, -0.2) is 24.2 Å². The number of aryl methyl sites for hydroxylation is 1. The molecule has 2 aromatic rings. The van der Waals surface area contributed by atoms with E-state index in [1.165, 1.54) is 35.0 Å². The van der Waals surface area contributed by atoms with Gasteiger partial charge in [-0.2, -0.15) is 5.10 Å². The summed E-state index contributed by atoms with van der Waals surface area (Å²) in [6, 6.07) is 9.85. The van der Waals surface area contributed by atoms with E-state index in [1.807, 2.05) is 6.92 Å². The number of carbonyl (C=O) groups excluding carboxylic acids is 1. The minimum atomic E-state index is -0.450. The molecule has 1 aliphatic rings. The minimum Gasteiger partial charge on any atom is -0.362 e. The Labute approximate surface area is 172 Å². The molecule has 0 saturated heterocycles. The van der Waals surface area contributed by atoms with Crippen molar-refractivity contribution in [3.05, 3.63) is 70.5 Å². The number of hydrogen-bond acceptors (Lipinski definition) is 3. The van der Waals surface area contributed by atoms with E-state index in [9.17, 15) is 9.18 Å². The molecule has 0 unspecified atom stereocenters. The number of halogens is 1. The number of rotatable bonds is 5. The number of hydrazone groups is 1. The second-order valence-corrected chi connectivity index (χ2v) is 8.07. The van der Waals surface area contributed by atoms with Gasteiger partial charge in [0.1, 0.15) is 5.82 Å². The summed E-state index contributed by atoms with van der Waals surface area (Å²) in [5, 5.41) is 4.09. The van der Waals surface area contributed by atoms with Gasteiger partial charge in [0.25, 0.3) is 5.91 Å². The zero-order valence-corrected chi connectivity index (χ0v) is 17.7. The van der Waals surface area contributed by atoms with Crippen LogP contribution in [0.15, 0.2) is 47.6 Å². The lowest BCUT2D eigenvalue weighted by Gasteiger charge is -2.43. The highest BCUT2D eigenvalue weighted by Gasteiger charge is 2.31. The van der Waals surface area contributed by atoms with Crippen molar-refractivity contribution in [1.29, 1.82) is 0 Å². The average Bonchev–Trinajstić information content (AvgIpc) is 2.65. The number of allylic oxidation sites excluding steroid dienone is 1. The van der Waals surface area contributed by atoms with Crippen LogP contribution in [0.4, 0.5) is 10.1 Å². The molecule has 0 fully saturated rings. The average molecular weight is 394 g/mol. The van der Waals surface area contributed by atoms with Crippen LogP contribution in [0.5, 0.6) is 0 Å². The first-order chi connectivity index (χ1) is 13.7. The van der Waals surface area contributed by atoms with Crippen molar-refractivity contribution in [3.8, 4) is 0 Å². The maximum Gasteiger partial charge on any atom is 0.271 e. The van der Waals surface area contributed by atoms with Crippen LogP contribution < -0.4 is 10.3 Å². The molecule has 1 amide bonds. The van der Waals surface area contributed by atoms with Crippen molar-refractivity contribution in [2.75, 3.05) is 11.4 Å². The third-order valence-corrected chi connectivity index (χ3v) is 5.27. The highest BCUT2D eigenvalue weighted by atomic mass is 19.1. The molecule has 4 nitrogen and oxygen atoms in total. The zero-order valence-electron chi connectivity index (χ0n) is 17.7. The van der Waals surface area contributed by atoms with Gasteiger partial charge in [0.15, 0.2) is 0 Å². The highest BCUT2D eigenvalue weighted by molar-refractivity contribution is 5.95. The van der Waals surface area contributed by atoms with Gasteiger partial charge in [-0.05, 0) is 81.1 Å². The van der Waals surface area contributed by atoms with Gasteiger partial charge >= 0.3 is 0 Å². The molecule has 3 rings (SSSR count). The van der Waals surface area contributed by atoms with E-state index in [2.05, 4.69) is 61.3 Å². The number of anilines is 1. The van der Waals surface area contributed by atoms with Gasteiger partial charge in [-0.1, -0.05) is 19.1 Å². The molecular formula is C24H28FN3O. The molecule has 5 heteroatoms. The first-order valence-corrected chi connectivity index (χ1v) is 9.94. The van der Waals surface area contributed by atoms with E-state index in [-0.39, 0.29) is 11.1 Å². The normalized spacial score (nSPS) is 15.2. The van der Waals surface area contributed by atoms with Gasteiger partial charge in [-0.3, -0.25) is 4.79 Å². The molecular weight excluding hydrogens is 365 g/mol. The summed E-state index contributed by atoms with van der Waals surface area (Å²) in [5.41, 5.74) is 8.34. The van der Waals surface area contributed by atoms with Gasteiger partial charge in [0.2, 0.25) is 0 Å². The van der Waals surface area contributed by atoms with Gasteiger partial charge in [-0.15, -0.1) is 0 Å². The molecule has 0 spiro atoms. The largest absolute Gasteiger partial charge is 0.362 e. The standard InChI is InChI=1S/C24H28FN3O/c1-6-10-28-22-11-16(2)19(13-21(22)17(3)14-24(28,4)5)15-26-27-23(29)18-8-7-9-20(25)12-18/h7-9,11-15H,6,10H2,1-5H3,(H,27,29)/b26-15-. The lowest BCUT2D eigenvalue weighted by Crippen LogP contribution is -2.45. The molecule has 0 aromatic heterocycles. The van der Waals surface area contributed by atoms with Gasteiger partial charge in [0.05, 0.1) is 11.8 Å². The quantitative estimate of drug-likeness (QED) is 0.553. The second-order valence-electron chi connectivity index (χ2n) is 8.07. The lowest BCUT2D eigenvalue weighted by atomic mass is 9.87. The zero-order chi connectivity index (χ0) is 21.2. The van der Waals surface area contributed by atoms with E-state index >= 15 is 0 Å². The van der Waals surface area contributed by atoms with Crippen LogP contribution in [0.1, 0.15) is 61.2 Å². The van der Waals surface area contributed by atoms with Crippen molar-refractivity contribution < 1.29 is 9.18 Å². The van der Waals surface area contributed by atoms with Gasteiger partial charge in [-0.25, -0.2) is 9.82 Å². The Hall–Kier alpha value is -2.95. The maximum atomic E-state index is 13.3. The monoisotopic (exact) mass is 393 g/mol. The third-order valence-electron chi connectivity index (χ3n) is 5.27. The van der Waals surface area contributed by atoms with Crippen LogP contribution in [0, 0.1) is 12.7 Å². The van der Waals surface area contributed by atoms with Crippen LogP contribution in [0.25, 0.3) is 5.57 Å². The Morgan fingerprint density at radius 3 is 2.69 bits per heavy atom. The van der Waals surface area contributed by atoms with E-state index < -0.39 is 11.7 Å². The molecule has 0 radical (unpaired) electrons. The van der Waals surface area contributed by atoms with Crippen LogP contribution in [0.3, 0.4) is 0 Å². The number of carbonyl (C=O) groups is 1. The molecule has 2 aromatic carbocycles. The molecule has 152 valence electrons. The maximum absolute atomic E-state index is 13.3. The predicted octanol–water partition coefficient (Wildman–Crippen LogP) is 5.31. The van der Waals surface area contributed by atoms with Crippen molar-refractivity contribution in [2.45, 2.75) is 46.6 Å². The number of fused-ring (bicyclic) bond motifs is 1. The van der Waals surface area contributed by atoms with Gasteiger partial charge in [0, 0.05) is 23.4 Å². The van der Waals surface area contributed by atoms with Crippen molar-refractivity contribution in [3.63, 3.8) is 0 Å². The Morgan fingerprint density at radius 2 is 2.00 bits per heavy atom. The number of benzene rings is 2. The first-order valence-electron chi connectivity index (χ1n) is 9.94. The molecule has 0 saturated carbocycles. The van der Waals surface area contributed by atoms with Gasteiger partial charge < -0.3 is 4.90 Å². The smallest absolute Gasteiger partial charge is 0.271 e. The summed E-state index contributed by atoms with van der Waals surface area (Å²) < 4.78 is 13.3. The van der Waals surface area contributed by atoms with Crippen LogP contribution >= 0.6 is 0 Å².